The molecule has 1 aromatic carbocycles. The summed E-state index contributed by atoms with van der Waals surface area (Å²) in [4.78, 5) is 7.12. The Morgan fingerprint density at radius 2 is 2.07 bits per heavy atom. The molecule has 2 N–H and O–H groups in total. The fourth-order valence-electron chi connectivity index (χ4n) is 3.26. The highest BCUT2D eigenvalue weighted by Gasteiger charge is 2.19. The van der Waals surface area contributed by atoms with Crippen LogP contribution in [0.4, 0.5) is 4.39 Å². The van der Waals surface area contributed by atoms with Gasteiger partial charge in [-0.15, -0.1) is 0 Å². The molecular weight excluding hydrogens is 359 g/mol. The Bertz CT molecular complexity index is 592. The highest BCUT2D eigenvalue weighted by atomic mass is 19.1. The molecule has 1 unspecified atom stereocenters. The second-order valence-electron chi connectivity index (χ2n) is 7.19. The van der Waals surface area contributed by atoms with E-state index in [1.54, 1.807) is 25.3 Å². The van der Waals surface area contributed by atoms with Gasteiger partial charge in [-0.1, -0.05) is 12.1 Å². The number of benzene rings is 1. The number of methoxy groups -OCH3 is 1. The van der Waals surface area contributed by atoms with Gasteiger partial charge in [0.1, 0.15) is 6.10 Å². The number of halogens is 1. The van der Waals surface area contributed by atoms with Gasteiger partial charge >= 0.3 is 0 Å². The first-order valence-electron chi connectivity index (χ1n) is 10.3. The number of ether oxygens (including phenoxy) is 2. The van der Waals surface area contributed by atoms with Gasteiger partial charge in [0, 0.05) is 45.9 Å². The first-order valence-corrected chi connectivity index (χ1v) is 10.3. The quantitative estimate of drug-likeness (QED) is 0.363. The second kappa shape index (κ2) is 12.6. The van der Waals surface area contributed by atoms with Crippen LogP contribution < -0.4 is 15.4 Å². The third-order valence-corrected chi connectivity index (χ3v) is 4.77. The molecule has 7 heteroatoms. The number of aliphatic imine (C=N–C) groups is 1. The average Bonchev–Trinajstić information content (AvgIpc) is 2.69. The van der Waals surface area contributed by atoms with Crippen molar-refractivity contribution in [3.05, 3.63) is 30.1 Å². The van der Waals surface area contributed by atoms with Crippen molar-refractivity contribution in [1.82, 2.24) is 15.5 Å². The van der Waals surface area contributed by atoms with E-state index in [1.165, 1.54) is 6.07 Å². The van der Waals surface area contributed by atoms with Crippen molar-refractivity contribution in [3.63, 3.8) is 0 Å². The van der Waals surface area contributed by atoms with Crippen molar-refractivity contribution >= 4 is 5.96 Å². The van der Waals surface area contributed by atoms with Crippen LogP contribution in [0.2, 0.25) is 0 Å². The van der Waals surface area contributed by atoms with E-state index in [4.69, 9.17) is 9.47 Å². The van der Waals surface area contributed by atoms with E-state index < -0.39 is 0 Å². The molecule has 1 aliphatic heterocycles. The van der Waals surface area contributed by atoms with Gasteiger partial charge in [-0.25, -0.2) is 9.38 Å². The molecule has 1 aromatic rings. The van der Waals surface area contributed by atoms with Crippen LogP contribution in [-0.2, 0) is 4.74 Å². The van der Waals surface area contributed by atoms with Gasteiger partial charge < -0.3 is 25.0 Å². The Balaban J connectivity index is 1.78. The first-order chi connectivity index (χ1) is 13.6. The van der Waals surface area contributed by atoms with Crippen LogP contribution >= 0.6 is 0 Å². The molecule has 1 atom stereocenters. The number of piperidine rings is 1. The zero-order valence-corrected chi connectivity index (χ0v) is 17.4. The Morgan fingerprint density at radius 3 is 2.75 bits per heavy atom. The number of hydrogen-bond acceptors (Lipinski definition) is 4. The van der Waals surface area contributed by atoms with Crippen molar-refractivity contribution in [2.24, 2.45) is 4.99 Å². The molecule has 2 rings (SSSR count). The summed E-state index contributed by atoms with van der Waals surface area (Å²) in [5.41, 5.74) is 0. The number of nitrogens with one attached hydrogen (secondary N) is 2. The molecule has 1 saturated heterocycles. The molecule has 0 radical (unpaired) electrons. The summed E-state index contributed by atoms with van der Waals surface area (Å²) in [6.45, 7) is 9.31. The molecule has 0 bridgehead atoms. The lowest BCUT2D eigenvalue weighted by Crippen LogP contribution is -2.49. The Morgan fingerprint density at radius 1 is 1.32 bits per heavy atom. The molecule has 0 amide bonds. The maximum absolute atomic E-state index is 13.7. The molecule has 28 heavy (non-hydrogen) atoms. The molecule has 0 aromatic heterocycles. The van der Waals surface area contributed by atoms with Gasteiger partial charge in [0.2, 0.25) is 0 Å². The summed E-state index contributed by atoms with van der Waals surface area (Å²) in [5, 5.41) is 6.83. The lowest BCUT2D eigenvalue weighted by molar-refractivity contribution is 0.155. The summed E-state index contributed by atoms with van der Waals surface area (Å²) in [6.07, 6.45) is 3.06. The fourth-order valence-corrected chi connectivity index (χ4v) is 3.26. The number of rotatable bonds is 10. The summed E-state index contributed by atoms with van der Waals surface area (Å²) < 4.78 is 24.5. The van der Waals surface area contributed by atoms with E-state index in [-0.39, 0.29) is 17.7 Å². The van der Waals surface area contributed by atoms with Crippen LogP contribution in [0.1, 0.15) is 33.1 Å². The van der Waals surface area contributed by atoms with E-state index in [2.05, 4.69) is 27.4 Å². The fraction of sp³-hybridized carbons (Fsp3) is 0.667. The molecule has 158 valence electrons. The number of guanidine groups is 1. The minimum atomic E-state index is -0.347. The third kappa shape index (κ3) is 8.02. The normalized spacial score (nSPS) is 17.4. The van der Waals surface area contributed by atoms with Crippen LogP contribution in [-0.4, -0.2) is 69.4 Å². The third-order valence-electron chi connectivity index (χ3n) is 4.77. The second-order valence-corrected chi connectivity index (χ2v) is 7.19. The molecule has 0 aliphatic carbocycles. The Kier molecular flexibility index (Phi) is 10.1. The van der Waals surface area contributed by atoms with Crippen LogP contribution in [0.5, 0.6) is 5.75 Å². The topological polar surface area (TPSA) is 58.1 Å². The smallest absolute Gasteiger partial charge is 0.191 e. The summed E-state index contributed by atoms with van der Waals surface area (Å²) >= 11 is 0. The lowest BCUT2D eigenvalue weighted by Gasteiger charge is -2.33. The molecule has 1 fully saturated rings. The minimum absolute atomic E-state index is 0.213. The van der Waals surface area contributed by atoms with Crippen LogP contribution in [0.25, 0.3) is 0 Å². The lowest BCUT2D eigenvalue weighted by atomic mass is 10.1. The zero-order chi connectivity index (χ0) is 20.2. The van der Waals surface area contributed by atoms with E-state index >= 15 is 0 Å². The van der Waals surface area contributed by atoms with Gasteiger partial charge in [-0.05, 0) is 45.2 Å². The predicted molar refractivity (Wildman–Crippen MR) is 112 cm³/mol. The van der Waals surface area contributed by atoms with Crippen LogP contribution in [0, 0.1) is 5.82 Å². The molecule has 0 saturated carbocycles. The highest BCUT2D eigenvalue weighted by Crippen LogP contribution is 2.17. The van der Waals surface area contributed by atoms with Gasteiger partial charge in [-0.3, -0.25) is 0 Å². The van der Waals surface area contributed by atoms with Crippen LogP contribution in [0.15, 0.2) is 29.3 Å². The van der Waals surface area contributed by atoms with Crippen molar-refractivity contribution in [1.29, 1.82) is 0 Å². The number of nitrogens with zero attached hydrogens (tertiary/aromatic N) is 2. The van der Waals surface area contributed by atoms with Gasteiger partial charge in [-0.2, -0.15) is 0 Å². The summed E-state index contributed by atoms with van der Waals surface area (Å²) in [6, 6.07) is 6.88. The van der Waals surface area contributed by atoms with Crippen molar-refractivity contribution in [2.45, 2.75) is 45.3 Å². The van der Waals surface area contributed by atoms with Gasteiger partial charge in [0.05, 0.1) is 6.54 Å². The van der Waals surface area contributed by atoms with Crippen LogP contribution in [0.3, 0.4) is 0 Å². The first kappa shape index (κ1) is 22.4. The Hall–Kier alpha value is -1.86. The molecule has 6 nitrogen and oxygen atoms in total. The maximum atomic E-state index is 13.7. The average molecular weight is 395 g/mol. The number of likely N-dealkylation sites (tertiary alicyclic amines) is 1. The number of hydrogen-bond donors (Lipinski definition) is 2. The maximum Gasteiger partial charge on any atom is 0.191 e. The van der Waals surface area contributed by atoms with E-state index in [0.717, 1.165) is 58.0 Å². The van der Waals surface area contributed by atoms with Crippen molar-refractivity contribution in [2.75, 3.05) is 46.4 Å². The van der Waals surface area contributed by atoms with E-state index in [1.807, 2.05) is 6.92 Å². The summed E-state index contributed by atoms with van der Waals surface area (Å²) in [7, 11) is 1.75. The van der Waals surface area contributed by atoms with Crippen molar-refractivity contribution < 1.29 is 13.9 Å². The monoisotopic (exact) mass is 394 g/mol. The van der Waals surface area contributed by atoms with Gasteiger partial charge in [0.15, 0.2) is 17.5 Å². The number of para-hydroxylation sites is 1. The minimum Gasteiger partial charge on any atom is -0.486 e. The largest absolute Gasteiger partial charge is 0.486 e. The Labute approximate surface area is 168 Å². The standard InChI is InChI=1S/C21H35FN4O2/c1-4-23-21(24-16-17(2)28-20-9-6-5-8-19(20)22)25-18-10-13-26(14-11-18)12-7-15-27-3/h5-6,8-9,17-18H,4,7,10-16H2,1-3H3,(H2,23,24,25). The molecule has 0 spiro atoms. The zero-order valence-electron chi connectivity index (χ0n) is 17.4. The summed E-state index contributed by atoms with van der Waals surface area (Å²) in [5.74, 6) is 0.717. The SMILES string of the molecule is CCNC(=NCC(C)Oc1ccccc1F)NC1CCN(CCCOC)CC1. The molecule has 1 heterocycles. The molecular formula is C21H35FN4O2. The van der Waals surface area contributed by atoms with Crippen molar-refractivity contribution in [3.8, 4) is 5.75 Å². The predicted octanol–water partition coefficient (Wildman–Crippen LogP) is 2.65. The van der Waals surface area contributed by atoms with E-state index in [9.17, 15) is 4.39 Å². The highest BCUT2D eigenvalue weighted by molar-refractivity contribution is 5.80. The van der Waals surface area contributed by atoms with Gasteiger partial charge in [0.25, 0.3) is 0 Å². The van der Waals surface area contributed by atoms with E-state index in [0.29, 0.717) is 12.6 Å². The molecule has 1 aliphatic rings.